The predicted octanol–water partition coefficient (Wildman–Crippen LogP) is 0.828. The first-order chi connectivity index (χ1) is 9.63. The zero-order valence-corrected chi connectivity index (χ0v) is 11.1. The smallest absolute Gasteiger partial charge is 0.256 e. The van der Waals surface area contributed by atoms with Crippen molar-refractivity contribution in [1.29, 1.82) is 10.5 Å². The van der Waals surface area contributed by atoms with Crippen LogP contribution in [0.25, 0.3) is 0 Å². The highest BCUT2D eigenvalue weighted by Crippen LogP contribution is 2.13. The Labute approximate surface area is 117 Å². The summed E-state index contributed by atoms with van der Waals surface area (Å²) in [5.41, 5.74) is 1.72. The van der Waals surface area contributed by atoms with E-state index >= 15 is 0 Å². The van der Waals surface area contributed by atoms with Crippen LogP contribution in [0, 0.1) is 41.4 Å². The summed E-state index contributed by atoms with van der Waals surface area (Å²) in [6.45, 7) is 1.24. The van der Waals surface area contributed by atoms with Crippen LogP contribution in [0.1, 0.15) is 21.5 Å². The lowest BCUT2D eigenvalue weighted by Crippen LogP contribution is -2.32. The number of nitriles is 2. The van der Waals surface area contributed by atoms with E-state index in [9.17, 15) is 4.79 Å². The van der Waals surface area contributed by atoms with Crippen LogP contribution in [0.2, 0.25) is 0 Å². The van der Waals surface area contributed by atoms with Gasteiger partial charge in [-0.15, -0.1) is 0 Å². The van der Waals surface area contributed by atoms with E-state index in [-0.39, 0.29) is 19.7 Å². The van der Waals surface area contributed by atoms with Gasteiger partial charge in [0, 0.05) is 5.56 Å². The largest absolute Gasteiger partial charge is 0.384 e. The Morgan fingerprint density at radius 1 is 1.30 bits per heavy atom. The number of carbonyl (C=O) groups excluding carboxylic acids is 1. The van der Waals surface area contributed by atoms with Gasteiger partial charge in [0.05, 0.1) is 17.7 Å². The summed E-state index contributed by atoms with van der Waals surface area (Å²) < 4.78 is 0. The van der Waals surface area contributed by atoms with Gasteiger partial charge in [-0.2, -0.15) is 10.5 Å². The minimum atomic E-state index is -0.421. The summed E-state index contributed by atoms with van der Waals surface area (Å²) >= 11 is 0. The fourth-order valence-corrected chi connectivity index (χ4v) is 1.62. The molecule has 5 heteroatoms. The van der Waals surface area contributed by atoms with Crippen LogP contribution in [0.4, 0.5) is 0 Å². The third kappa shape index (κ3) is 3.85. The number of aliphatic hydroxyl groups is 1. The number of benzene rings is 1. The molecule has 0 aliphatic heterocycles. The number of rotatable bonds is 3. The Hall–Kier alpha value is -2.81. The van der Waals surface area contributed by atoms with Crippen LogP contribution < -0.4 is 0 Å². The first kappa shape index (κ1) is 15.2. The third-order valence-electron chi connectivity index (χ3n) is 2.52. The number of nitrogens with zero attached hydrogens (tertiary/aromatic N) is 3. The Morgan fingerprint density at radius 2 is 1.95 bits per heavy atom. The highest BCUT2D eigenvalue weighted by Gasteiger charge is 2.17. The minimum Gasteiger partial charge on any atom is -0.384 e. The zero-order chi connectivity index (χ0) is 15.0. The minimum absolute atomic E-state index is 0.160. The van der Waals surface area contributed by atoms with E-state index in [1.165, 1.54) is 0 Å². The maximum absolute atomic E-state index is 12.3. The standard InChI is InChI=1S/C15H13N3O2/c1-12-4-5-14(13(11-12)3-2-10-19)15(20)18(8-6-16)9-7-17/h4-5,11,19H,8-10H2,1H3. The van der Waals surface area contributed by atoms with Gasteiger partial charge in [-0.05, 0) is 24.6 Å². The molecule has 0 aromatic heterocycles. The van der Waals surface area contributed by atoms with Gasteiger partial charge in [0.15, 0.2) is 0 Å². The van der Waals surface area contributed by atoms with Gasteiger partial charge in [-0.25, -0.2) is 0 Å². The van der Waals surface area contributed by atoms with E-state index in [1.807, 2.05) is 19.1 Å². The van der Waals surface area contributed by atoms with Gasteiger partial charge >= 0.3 is 0 Å². The molecule has 0 saturated heterocycles. The van der Waals surface area contributed by atoms with Crippen LogP contribution >= 0.6 is 0 Å². The Balaban J connectivity index is 3.21. The Bertz CT molecular complexity index is 626. The lowest BCUT2D eigenvalue weighted by Gasteiger charge is -2.17. The molecule has 0 spiro atoms. The van der Waals surface area contributed by atoms with Crippen LogP contribution in [0.5, 0.6) is 0 Å². The lowest BCUT2D eigenvalue weighted by atomic mass is 10.0. The van der Waals surface area contributed by atoms with E-state index in [0.29, 0.717) is 11.1 Å². The molecule has 0 fully saturated rings. The quantitative estimate of drug-likeness (QED) is 0.649. The molecule has 1 amide bonds. The van der Waals surface area contributed by atoms with Crippen molar-refractivity contribution < 1.29 is 9.90 Å². The van der Waals surface area contributed by atoms with Crippen molar-refractivity contribution in [3.8, 4) is 24.0 Å². The second-order valence-electron chi connectivity index (χ2n) is 3.99. The predicted molar refractivity (Wildman–Crippen MR) is 72.3 cm³/mol. The molecule has 0 aliphatic carbocycles. The first-order valence-corrected chi connectivity index (χ1v) is 5.87. The van der Waals surface area contributed by atoms with Gasteiger partial charge < -0.3 is 10.0 Å². The van der Waals surface area contributed by atoms with Crippen molar-refractivity contribution in [1.82, 2.24) is 4.90 Å². The molecule has 0 bridgehead atoms. The Kier molecular flexibility index (Phi) is 5.78. The van der Waals surface area contributed by atoms with Crippen LogP contribution in [0.15, 0.2) is 18.2 Å². The van der Waals surface area contributed by atoms with E-state index in [0.717, 1.165) is 10.5 Å². The monoisotopic (exact) mass is 267 g/mol. The number of hydrogen-bond donors (Lipinski definition) is 1. The molecule has 100 valence electrons. The highest BCUT2D eigenvalue weighted by molar-refractivity contribution is 5.97. The average Bonchev–Trinajstić information content (AvgIpc) is 2.44. The number of carbonyl (C=O) groups is 1. The summed E-state index contributed by atoms with van der Waals surface area (Å²) in [4.78, 5) is 13.5. The van der Waals surface area contributed by atoms with Gasteiger partial charge in [0.1, 0.15) is 19.7 Å². The SMILES string of the molecule is Cc1ccc(C(=O)N(CC#N)CC#N)c(C#CCO)c1. The molecule has 1 rings (SSSR count). The molecular formula is C15H13N3O2. The van der Waals surface area contributed by atoms with Crippen LogP contribution in [-0.2, 0) is 0 Å². The molecule has 0 atom stereocenters. The van der Waals surface area contributed by atoms with Crippen LogP contribution in [0.3, 0.4) is 0 Å². The number of amides is 1. The van der Waals surface area contributed by atoms with E-state index in [2.05, 4.69) is 11.8 Å². The van der Waals surface area contributed by atoms with Gasteiger partial charge in [-0.1, -0.05) is 17.9 Å². The van der Waals surface area contributed by atoms with Crippen molar-refractivity contribution in [2.45, 2.75) is 6.92 Å². The lowest BCUT2D eigenvalue weighted by molar-refractivity contribution is 0.0794. The maximum atomic E-state index is 12.3. The molecule has 0 radical (unpaired) electrons. The number of aryl methyl sites for hydroxylation is 1. The summed E-state index contributed by atoms with van der Waals surface area (Å²) in [5.74, 6) is 4.78. The van der Waals surface area contributed by atoms with Crippen LogP contribution in [-0.4, -0.2) is 35.6 Å². The molecule has 0 saturated carbocycles. The topological polar surface area (TPSA) is 88.1 Å². The molecule has 1 N–H and O–H groups in total. The fourth-order valence-electron chi connectivity index (χ4n) is 1.62. The summed E-state index contributed by atoms with van der Waals surface area (Å²) in [6.07, 6.45) is 0. The van der Waals surface area contributed by atoms with E-state index < -0.39 is 5.91 Å². The number of aliphatic hydroxyl groups excluding tert-OH is 1. The molecule has 1 aromatic carbocycles. The van der Waals surface area contributed by atoms with Crippen molar-refractivity contribution >= 4 is 5.91 Å². The summed E-state index contributed by atoms with van der Waals surface area (Å²) in [7, 11) is 0. The molecule has 1 aromatic rings. The maximum Gasteiger partial charge on any atom is 0.256 e. The normalized spacial score (nSPS) is 8.80. The Morgan fingerprint density at radius 3 is 2.50 bits per heavy atom. The highest BCUT2D eigenvalue weighted by atomic mass is 16.2. The molecule has 20 heavy (non-hydrogen) atoms. The first-order valence-electron chi connectivity index (χ1n) is 5.87. The van der Waals surface area contributed by atoms with Crippen molar-refractivity contribution in [2.24, 2.45) is 0 Å². The van der Waals surface area contributed by atoms with Crippen molar-refractivity contribution in [3.05, 3.63) is 34.9 Å². The molecular weight excluding hydrogens is 254 g/mol. The second-order valence-corrected chi connectivity index (χ2v) is 3.99. The number of hydrogen-bond acceptors (Lipinski definition) is 4. The van der Waals surface area contributed by atoms with Crippen molar-refractivity contribution in [2.75, 3.05) is 19.7 Å². The molecule has 0 unspecified atom stereocenters. The van der Waals surface area contributed by atoms with Crippen molar-refractivity contribution in [3.63, 3.8) is 0 Å². The molecule has 5 nitrogen and oxygen atoms in total. The fraction of sp³-hybridized carbons (Fsp3) is 0.267. The second kappa shape index (κ2) is 7.59. The van der Waals surface area contributed by atoms with E-state index in [1.54, 1.807) is 18.2 Å². The summed E-state index contributed by atoms with van der Waals surface area (Å²) in [5, 5.41) is 26.1. The molecule has 0 heterocycles. The van der Waals surface area contributed by atoms with Gasteiger partial charge in [0.25, 0.3) is 5.91 Å². The van der Waals surface area contributed by atoms with Gasteiger partial charge in [0.2, 0.25) is 0 Å². The van der Waals surface area contributed by atoms with Gasteiger partial charge in [-0.3, -0.25) is 4.79 Å². The average molecular weight is 267 g/mol. The molecule has 0 aliphatic rings. The zero-order valence-electron chi connectivity index (χ0n) is 11.1. The third-order valence-corrected chi connectivity index (χ3v) is 2.52. The van der Waals surface area contributed by atoms with E-state index in [4.69, 9.17) is 15.6 Å². The summed E-state index contributed by atoms with van der Waals surface area (Å²) in [6, 6.07) is 8.81.